The quantitative estimate of drug-likeness (QED) is 0.731. The number of benzene rings is 1. The van der Waals surface area contributed by atoms with Gasteiger partial charge in [-0.15, -0.1) is 0 Å². The molecule has 0 aromatic heterocycles. The van der Waals surface area contributed by atoms with Crippen molar-refractivity contribution in [1.29, 1.82) is 0 Å². The van der Waals surface area contributed by atoms with Crippen LogP contribution in [0.2, 0.25) is 0 Å². The predicted molar refractivity (Wildman–Crippen MR) is 64.2 cm³/mol. The molecule has 0 amide bonds. The van der Waals surface area contributed by atoms with E-state index >= 15 is 0 Å². The van der Waals surface area contributed by atoms with Gasteiger partial charge >= 0.3 is 7.60 Å². The zero-order valence-electron chi connectivity index (χ0n) is 9.70. The first kappa shape index (κ1) is 14.2. The molecule has 0 aliphatic carbocycles. The summed E-state index contributed by atoms with van der Waals surface area (Å²) in [5, 5.41) is 8.62. The summed E-state index contributed by atoms with van der Waals surface area (Å²) in [6.07, 6.45) is -0.0445. The lowest BCUT2D eigenvalue weighted by Crippen LogP contribution is -2.02. The molecule has 1 aromatic carbocycles. The van der Waals surface area contributed by atoms with Gasteiger partial charge in [-0.25, -0.2) is 0 Å². The van der Waals surface area contributed by atoms with Gasteiger partial charge in [-0.05, 0) is 24.6 Å². The molecule has 0 aliphatic heterocycles. The normalized spacial score (nSPS) is 14.3. The van der Waals surface area contributed by atoms with Crippen LogP contribution in [-0.4, -0.2) is 29.8 Å². The summed E-state index contributed by atoms with van der Waals surface area (Å²) in [6.45, 7) is 2.01. The Bertz CT molecular complexity index is 393. The fourth-order valence-corrected chi connectivity index (χ4v) is 2.53. The summed E-state index contributed by atoms with van der Waals surface area (Å²) in [6, 6.07) is 6.85. The van der Waals surface area contributed by atoms with E-state index in [0.29, 0.717) is 11.3 Å². The van der Waals surface area contributed by atoms with Crippen molar-refractivity contribution >= 4 is 7.60 Å². The van der Waals surface area contributed by atoms with E-state index in [-0.39, 0.29) is 26.0 Å². The Hall–Kier alpha value is -0.870. The zero-order chi connectivity index (χ0) is 12.7. The summed E-state index contributed by atoms with van der Waals surface area (Å²) in [5.74, 6) is 0.563. The van der Waals surface area contributed by atoms with Crippen molar-refractivity contribution in [3.8, 4) is 5.75 Å². The molecule has 5 nitrogen and oxygen atoms in total. The van der Waals surface area contributed by atoms with Gasteiger partial charge in [0.05, 0.1) is 19.4 Å². The molecule has 1 rings (SSSR count). The standard InChI is InChI=1S/C11H17O5P/c1-2-16-17(13,14)9-10-4-3-5-11(8-10)15-7-6-12/h3-5,8,12H,2,6-7,9H2,1H3,(H,13,14). The second-order valence-electron chi connectivity index (χ2n) is 3.43. The predicted octanol–water partition coefficient (Wildman–Crippen LogP) is 1.78. The van der Waals surface area contributed by atoms with Crippen molar-refractivity contribution in [2.24, 2.45) is 0 Å². The molecular weight excluding hydrogens is 243 g/mol. The monoisotopic (exact) mass is 260 g/mol. The molecule has 0 radical (unpaired) electrons. The largest absolute Gasteiger partial charge is 0.491 e. The Morgan fingerprint density at radius 1 is 1.41 bits per heavy atom. The van der Waals surface area contributed by atoms with Gasteiger partial charge in [0, 0.05) is 0 Å². The van der Waals surface area contributed by atoms with Gasteiger partial charge in [0.1, 0.15) is 12.4 Å². The molecule has 0 bridgehead atoms. The highest BCUT2D eigenvalue weighted by Crippen LogP contribution is 2.45. The third kappa shape index (κ3) is 5.33. The summed E-state index contributed by atoms with van der Waals surface area (Å²) in [7, 11) is -3.57. The molecule has 0 saturated carbocycles. The minimum atomic E-state index is -3.57. The molecular formula is C11H17O5P. The molecule has 6 heteroatoms. The topological polar surface area (TPSA) is 76.0 Å². The fourth-order valence-electron chi connectivity index (χ4n) is 1.38. The molecule has 17 heavy (non-hydrogen) atoms. The highest BCUT2D eigenvalue weighted by Gasteiger charge is 2.19. The third-order valence-electron chi connectivity index (χ3n) is 1.97. The van der Waals surface area contributed by atoms with Gasteiger partial charge in [-0.1, -0.05) is 12.1 Å². The van der Waals surface area contributed by atoms with Crippen LogP contribution in [0.1, 0.15) is 12.5 Å². The molecule has 1 unspecified atom stereocenters. The van der Waals surface area contributed by atoms with Gasteiger partial charge in [0.2, 0.25) is 0 Å². The van der Waals surface area contributed by atoms with E-state index < -0.39 is 7.60 Å². The smallest absolute Gasteiger partial charge is 0.332 e. The molecule has 1 atom stereocenters. The Kier molecular flexibility index (Phi) is 5.65. The molecule has 0 spiro atoms. The van der Waals surface area contributed by atoms with Crippen molar-refractivity contribution < 1.29 is 23.8 Å². The van der Waals surface area contributed by atoms with Gasteiger partial charge in [0.25, 0.3) is 0 Å². The van der Waals surface area contributed by atoms with Crippen LogP contribution in [0.5, 0.6) is 5.75 Å². The van der Waals surface area contributed by atoms with Crippen LogP contribution in [0.25, 0.3) is 0 Å². The number of aliphatic hydroxyl groups is 1. The first-order valence-corrected chi connectivity index (χ1v) is 7.12. The second-order valence-corrected chi connectivity index (χ2v) is 5.28. The zero-order valence-corrected chi connectivity index (χ0v) is 10.6. The van der Waals surface area contributed by atoms with Gasteiger partial charge in [0.15, 0.2) is 0 Å². The number of hydrogen-bond donors (Lipinski definition) is 2. The highest BCUT2D eigenvalue weighted by molar-refractivity contribution is 7.51. The third-order valence-corrected chi connectivity index (χ3v) is 3.40. The van der Waals surface area contributed by atoms with Gasteiger partial charge in [-0.3, -0.25) is 4.57 Å². The minimum absolute atomic E-state index is 0.0445. The Morgan fingerprint density at radius 2 is 2.18 bits per heavy atom. The lowest BCUT2D eigenvalue weighted by atomic mass is 10.2. The highest BCUT2D eigenvalue weighted by atomic mass is 31.2. The van der Waals surface area contributed by atoms with E-state index in [1.54, 1.807) is 31.2 Å². The van der Waals surface area contributed by atoms with E-state index in [4.69, 9.17) is 14.4 Å². The van der Waals surface area contributed by atoms with E-state index in [1.165, 1.54) is 0 Å². The first-order valence-electron chi connectivity index (χ1n) is 5.36. The van der Waals surface area contributed by atoms with Crippen LogP contribution < -0.4 is 4.74 Å². The second kappa shape index (κ2) is 6.77. The van der Waals surface area contributed by atoms with Crippen molar-refractivity contribution in [1.82, 2.24) is 0 Å². The van der Waals surface area contributed by atoms with Gasteiger partial charge in [-0.2, -0.15) is 0 Å². The van der Waals surface area contributed by atoms with Crippen LogP contribution in [0.3, 0.4) is 0 Å². The summed E-state index contributed by atoms with van der Waals surface area (Å²) >= 11 is 0. The van der Waals surface area contributed by atoms with Crippen molar-refractivity contribution in [3.05, 3.63) is 29.8 Å². The minimum Gasteiger partial charge on any atom is -0.491 e. The van der Waals surface area contributed by atoms with Crippen LogP contribution >= 0.6 is 7.60 Å². The summed E-state index contributed by atoms with van der Waals surface area (Å²) < 4.78 is 21.6. The van der Waals surface area contributed by atoms with Crippen LogP contribution in [-0.2, 0) is 15.3 Å². The van der Waals surface area contributed by atoms with Gasteiger partial charge < -0.3 is 19.3 Å². The van der Waals surface area contributed by atoms with E-state index in [1.807, 2.05) is 0 Å². The molecule has 0 fully saturated rings. The molecule has 1 aromatic rings. The number of ether oxygens (including phenoxy) is 1. The van der Waals surface area contributed by atoms with E-state index in [2.05, 4.69) is 0 Å². The number of hydrogen-bond acceptors (Lipinski definition) is 4. The van der Waals surface area contributed by atoms with Crippen molar-refractivity contribution in [2.45, 2.75) is 13.1 Å². The van der Waals surface area contributed by atoms with Crippen molar-refractivity contribution in [3.63, 3.8) is 0 Å². The average Bonchev–Trinajstić information content (AvgIpc) is 2.26. The van der Waals surface area contributed by atoms with Crippen LogP contribution in [0.15, 0.2) is 24.3 Å². The van der Waals surface area contributed by atoms with Crippen LogP contribution in [0, 0.1) is 0 Å². The van der Waals surface area contributed by atoms with Crippen molar-refractivity contribution in [2.75, 3.05) is 19.8 Å². The average molecular weight is 260 g/mol. The lowest BCUT2D eigenvalue weighted by molar-refractivity contribution is 0.201. The molecule has 2 N–H and O–H groups in total. The molecule has 96 valence electrons. The maximum Gasteiger partial charge on any atom is 0.332 e. The Morgan fingerprint density at radius 3 is 2.82 bits per heavy atom. The molecule has 0 saturated heterocycles. The molecule has 0 aliphatic rings. The number of rotatable bonds is 7. The molecule has 0 heterocycles. The number of aliphatic hydroxyl groups excluding tert-OH is 1. The van der Waals surface area contributed by atoms with E-state index in [0.717, 1.165) is 0 Å². The fraction of sp³-hybridized carbons (Fsp3) is 0.455. The van der Waals surface area contributed by atoms with Crippen LogP contribution in [0.4, 0.5) is 0 Å². The first-order chi connectivity index (χ1) is 8.07. The summed E-state index contributed by atoms with van der Waals surface area (Å²) in [5.41, 5.74) is 0.666. The Labute approximate surface area is 101 Å². The maximum absolute atomic E-state index is 11.6. The van der Waals surface area contributed by atoms with E-state index in [9.17, 15) is 9.46 Å². The SMILES string of the molecule is CCOP(=O)(O)Cc1cccc(OCCO)c1. The maximum atomic E-state index is 11.6. The lowest BCUT2D eigenvalue weighted by Gasteiger charge is -2.11. The summed E-state index contributed by atoms with van der Waals surface area (Å²) in [4.78, 5) is 9.49. The Balaban J connectivity index is 2.68.